The number of imidazole rings is 1. The molecule has 3 heterocycles. The molecular formula is C29H30N4O2. The highest BCUT2D eigenvalue weighted by atomic mass is 16.5. The molecule has 2 aliphatic rings. The Labute approximate surface area is 205 Å². The molecule has 0 saturated carbocycles. The molecule has 2 aliphatic heterocycles. The van der Waals surface area contributed by atoms with Crippen molar-refractivity contribution in [1.29, 1.82) is 0 Å². The molecule has 1 aromatic heterocycles. The summed E-state index contributed by atoms with van der Waals surface area (Å²) in [5.41, 5.74) is 4.30. The number of ether oxygens (including phenoxy) is 1. The fraction of sp³-hybridized carbons (Fsp3) is 0.310. The van der Waals surface area contributed by atoms with Crippen molar-refractivity contribution in [1.82, 2.24) is 19.8 Å². The van der Waals surface area contributed by atoms with E-state index >= 15 is 0 Å². The first-order chi connectivity index (χ1) is 17.2. The highest BCUT2D eigenvalue weighted by Crippen LogP contribution is 2.32. The van der Waals surface area contributed by atoms with Crippen LogP contribution in [0.5, 0.6) is 5.75 Å². The number of nitrogens with zero attached hydrogens (tertiary/aromatic N) is 3. The average Bonchev–Trinajstić information content (AvgIpc) is 3.25. The van der Waals surface area contributed by atoms with Gasteiger partial charge in [0.05, 0.1) is 17.6 Å². The number of hydrogen-bond acceptors (Lipinski definition) is 4. The van der Waals surface area contributed by atoms with Gasteiger partial charge in [-0.3, -0.25) is 9.69 Å². The second kappa shape index (κ2) is 9.55. The van der Waals surface area contributed by atoms with Gasteiger partial charge in [-0.15, -0.1) is 0 Å². The Balaban J connectivity index is 1.18. The number of aromatic amines is 1. The molecule has 2 atom stereocenters. The maximum atomic E-state index is 13.5. The summed E-state index contributed by atoms with van der Waals surface area (Å²) in [7, 11) is 0. The van der Waals surface area contributed by atoms with Crippen LogP contribution >= 0.6 is 0 Å². The number of H-pyrrole nitrogens is 1. The van der Waals surface area contributed by atoms with Crippen LogP contribution in [0, 0.1) is 0 Å². The minimum Gasteiger partial charge on any atom is -0.484 e. The molecule has 1 amide bonds. The number of nitrogens with one attached hydrogen (secondary N) is 1. The van der Waals surface area contributed by atoms with Gasteiger partial charge < -0.3 is 14.6 Å². The number of carbonyl (C=O) groups excluding carboxylic acids is 1. The van der Waals surface area contributed by atoms with Crippen LogP contribution < -0.4 is 4.74 Å². The number of carbonyl (C=O) groups is 1. The van der Waals surface area contributed by atoms with Gasteiger partial charge in [-0.1, -0.05) is 60.7 Å². The summed E-state index contributed by atoms with van der Waals surface area (Å²) in [6, 6.07) is 26.6. The number of likely N-dealkylation sites (tertiary alicyclic amines) is 1. The molecule has 0 bridgehead atoms. The standard InChI is InChI=1S/C29H30N4O2/c34-28(33-16-8-12-23(18-33)29-30-24-13-5-6-14-25(24)31-29)20-32-17-22-11-4-7-15-26(22)35-27(19-32)21-9-2-1-3-10-21/h1-7,9-11,13-15,23,27H,8,12,16-20H2,(H,30,31). The average molecular weight is 467 g/mol. The number of benzene rings is 3. The zero-order valence-corrected chi connectivity index (χ0v) is 19.8. The van der Waals surface area contributed by atoms with Crippen LogP contribution in [0.2, 0.25) is 0 Å². The Bertz CT molecular complexity index is 1290. The zero-order chi connectivity index (χ0) is 23.6. The van der Waals surface area contributed by atoms with E-state index in [4.69, 9.17) is 9.72 Å². The van der Waals surface area contributed by atoms with Crippen molar-refractivity contribution in [2.45, 2.75) is 31.4 Å². The Morgan fingerprint density at radius 3 is 2.66 bits per heavy atom. The fourth-order valence-electron chi connectivity index (χ4n) is 5.33. The van der Waals surface area contributed by atoms with E-state index in [0.717, 1.165) is 53.1 Å². The van der Waals surface area contributed by atoms with Gasteiger partial charge in [0.25, 0.3) is 0 Å². The van der Waals surface area contributed by atoms with E-state index in [-0.39, 0.29) is 17.9 Å². The van der Waals surface area contributed by atoms with E-state index in [0.29, 0.717) is 26.2 Å². The number of piperidine rings is 1. The molecule has 6 heteroatoms. The van der Waals surface area contributed by atoms with Crippen LogP contribution in [0.25, 0.3) is 11.0 Å². The van der Waals surface area contributed by atoms with E-state index in [2.05, 4.69) is 34.1 Å². The SMILES string of the molecule is O=C(CN1Cc2ccccc2OC(c2ccccc2)C1)N1CCCC(c2nc3ccccc3[nH]2)C1. The fourth-order valence-corrected chi connectivity index (χ4v) is 5.33. The van der Waals surface area contributed by atoms with Crippen molar-refractivity contribution in [3.63, 3.8) is 0 Å². The maximum absolute atomic E-state index is 13.5. The summed E-state index contributed by atoms with van der Waals surface area (Å²) in [5.74, 6) is 2.31. The molecule has 0 aliphatic carbocycles. The summed E-state index contributed by atoms with van der Waals surface area (Å²) in [5, 5.41) is 0. The van der Waals surface area contributed by atoms with Crippen LogP contribution in [0.3, 0.4) is 0 Å². The molecule has 35 heavy (non-hydrogen) atoms. The van der Waals surface area contributed by atoms with E-state index < -0.39 is 0 Å². The lowest BCUT2D eigenvalue weighted by Gasteiger charge is -2.33. The quantitative estimate of drug-likeness (QED) is 0.465. The van der Waals surface area contributed by atoms with E-state index in [1.165, 1.54) is 0 Å². The topological polar surface area (TPSA) is 61.5 Å². The molecule has 0 spiro atoms. The lowest BCUT2D eigenvalue weighted by Crippen LogP contribution is -2.45. The normalized spacial score (nSPS) is 20.7. The molecule has 3 aromatic carbocycles. The first-order valence-corrected chi connectivity index (χ1v) is 12.5. The minimum atomic E-state index is -0.114. The molecule has 1 fully saturated rings. The second-order valence-electron chi connectivity index (χ2n) is 9.61. The van der Waals surface area contributed by atoms with Crippen molar-refractivity contribution in [2.24, 2.45) is 0 Å². The largest absolute Gasteiger partial charge is 0.484 e. The highest BCUT2D eigenvalue weighted by Gasteiger charge is 2.30. The number of rotatable bonds is 4. The van der Waals surface area contributed by atoms with E-state index in [1.54, 1.807) is 0 Å². The van der Waals surface area contributed by atoms with Gasteiger partial charge in [-0.05, 0) is 36.6 Å². The molecule has 0 radical (unpaired) electrons. The Morgan fingerprint density at radius 1 is 0.971 bits per heavy atom. The summed E-state index contributed by atoms with van der Waals surface area (Å²) < 4.78 is 6.43. The zero-order valence-electron chi connectivity index (χ0n) is 19.8. The van der Waals surface area contributed by atoms with Crippen LogP contribution in [0.15, 0.2) is 78.9 Å². The summed E-state index contributed by atoms with van der Waals surface area (Å²) in [6.07, 6.45) is 1.92. The molecule has 2 unspecified atom stereocenters. The number of para-hydroxylation sites is 3. The third-order valence-corrected chi connectivity index (χ3v) is 7.16. The summed E-state index contributed by atoms with van der Waals surface area (Å²) >= 11 is 0. The number of aromatic nitrogens is 2. The number of fused-ring (bicyclic) bond motifs is 2. The monoisotopic (exact) mass is 466 g/mol. The van der Waals surface area contributed by atoms with Gasteiger partial charge in [0.2, 0.25) is 5.91 Å². The van der Waals surface area contributed by atoms with Crippen LogP contribution in [-0.2, 0) is 11.3 Å². The number of hydrogen-bond donors (Lipinski definition) is 1. The smallest absolute Gasteiger partial charge is 0.236 e. The number of amides is 1. The molecule has 1 N–H and O–H groups in total. The third-order valence-electron chi connectivity index (χ3n) is 7.16. The molecule has 6 nitrogen and oxygen atoms in total. The van der Waals surface area contributed by atoms with Gasteiger partial charge in [0.15, 0.2) is 0 Å². The van der Waals surface area contributed by atoms with Crippen molar-refractivity contribution in [2.75, 3.05) is 26.2 Å². The van der Waals surface area contributed by atoms with Gasteiger partial charge in [0.1, 0.15) is 17.7 Å². The Morgan fingerprint density at radius 2 is 1.77 bits per heavy atom. The third kappa shape index (κ3) is 4.66. The summed E-state index contributed by atoms with van der Waals surface area (Å²) in [6.45, 7) is 3.27. The van der Waals surface area contributed by atoms with Gasteiger partial charge >= 0.3 is 0 Å². The van der Waals surface area contributed by atoms with Crippen LogP contribution in [-0.4, -0.2) is 51.9 Å². The second-order valence-corrected chi connectivity index (χ2v) is 9.61. The predicted molar refractivity (Wildman–Crippen MR) is 136 cm³/mol. The molecular weight excluding hydrogens is 436 g/mol. The molecule has 1 saturated heterocycles. The van der Waals surface area contributed by atoms with Crippen molar-refractivity contribution in [3.8, 4) is 5.75 Å². The maximum Gasteiger partial charge on any atom is 0.236 e. The Hall–Kier alpha value is -3.64. The predicted octanol–water partition coefficient (Wildman–Crippen LogP) is 4.90. The lowest BCUT2D eigenvalue weighted by atomic mass is 9.97. The van der Waals surface area contributed by atoms with Gasteiger partial charge in [-0.25, -0.2) is 4.98 Å². The van der Waals surface area contributed by atoms with Crippen molar-refractivity contribution < 1.29 is 9.53 Å². The highest BCUT2D eigenvalue weighted by molar-refractivity contribution is 5.78. The minimum absolute atomic E-state index is 0.114. The van der Waals surface area contributed by atoms with Crippen LogP contribution in [0.4, 0.5) is 0 Å². The van der Waals surface area contributed by atoms with Crippen molar-refractivity contribution in [3.05, 3.63) is 95.8 Å². The van der Waals surface area contributed by atoms with Crippen molar-refractivity contribution >= 4 is 16.9 Å². The molecule has 178 valence electrons. The summed E-state index contributed by atoms with van der Waals surface area (Å²) in [4.78, 5) is 26.0. The van der Waals surface area contributed by atoms with Crippen LogP contribution in [0.1, 0.15) is 41.8 Å². The molecule has 6 rings (SSSR count). The van der Waals surface area contributed by atoms with Gasteiger partial charge in [0, 0.05) is 37.7 Å². The Kier molecular flexibility index (Phi) is 5.96. The lowest BCUT2D eigenvalue weighted by molar-refractivity contribution is -0.134. The van der Waals surface area contributed by atoms with E-state index in [9.17, 15) is 4.79 Å². The van der Waals surface area contributed by atoms with E-state index in [1.807, 2.05) is 59.5 Å². The van der Waals surface area contributed by atoms with Gasteiger partial charge in [-0.2, -0.15) is 0 Å². The first kappa shape index (κ1) is 21.9. The molecule has 4 aromatic rings. The first-order valence-electron chi connectivity index (χ1n) is 12.5.